The molecule has 0 radical (unpaired) electrons. The molecule has 18 heavy (non-hydrogen) atoms. The highest BCUT2D eigenvalue weighted by Crippen LogP contribution is 2.37. The van der Waals surface area contributed by atoms with Crippen molar-refractivity contribution in [2.45, 2.75) is 50.9 Å². The Morgan fingerprint density at radius 1 is 1.22 bits per heavy atom. The van der Waals surface area contributed by atoms with Crippen LogP contribution in [0.5, 0.6) is 0 Å². The second kappa shape index (κ2) is 5.55. The van der Waals surface area contributed by atoms with Crippen LogP contribution in [0.1, 0.15) is 51.0 Å². The van der Waals surface area contributed by atoms with E-state index in [1.165, 1.54) is 32.1 Å². The summed E-state index contributed by atoms with van der Waals surface area (Å²) in [6, 6.07) is 9.68. The van der Waals surface area contributed by atoms with E-state index < -0.39 is 11.4 Å². The predicted molar refractivity (Wildman–Crippen MR) is 72.6 cm³/mol. The molecule has 2 rings (SSSR count). The first-order valence-corrected chi connectivity index (χ1v) is 6.92. The second-order valence-corrected chi connectivity index (χ2v) is 5.71. The fourth-order valence-electron chi connectivity index (χ4n) is 3.10. The van der Waals surface area contributed by atoms with E-state index in [0.29, 0.717) is 5.92 Å². The van der Waals surface area contributed by atoms with Crippen LogP contribution in [0.15, 0.2) is 30.3 Å². The predicted octanol–water partition coefficient (Wildman–Crippen LogP) is 4.00. The topological polar surface area (TPSA) is 37.3 Å². The van der Waals surface area contributed by atoms with Crippen LogP contribution < -0.4 is 0 Å². The SMILES string of the molecule is CC(CC1CCCCC1)(C(=O)O)c1ccccc1. The highest BCUT2D eigenvalue weighted by Gasteiger charge is 2.37. The molecule has 2 nitrogen and oxygen atoms in total. The van der Waals surface area contributed by atoms with Crippen molar-refractivity contribution in [1.82, 2.24) is 0 Å². The lowest BCUT2D eigenvalue weighted by Gasteiger charge is -2.32. The normalized spacial score (nSPS) is 20.3. The zero-order valence-electron chi connectivity index (χ0n) is 11.1. The molecule has 0 heterocycles. The zero-order valence-corrected chi connectivity index (χ0v) is 11.1. The minimum atomic E-state index is -0.733. The van der Waals surface area contributed by atoms with E-state index in [2.05, 4.69) is 0 Å². The van der Waals surface area contributed by atoms with Crippen molar-refractivity contribution < 1.29 is 9.90 Å². The van der Waals surface area contributed by atoms with E-state index in [-0.39, 0.29) is 0 Å². The molecule has 0 saturated heterocycles. The maximum Gasteiger partial charge on any atom is 0.313 e. The molecular weight excluding hydrogens is 224 g/mol. The molecule has 0 aromatic heterocycles. The Hall–Kier alpha value is -1.31. The van der Waals surface area contributed by atoms with Gasteiger partial charge in [-0.15, -0.1) is 0 Å². The van der Waals surface area contributed by atoms with Crippen LogP contribution >= 0.6 is 0 Å². The van der Waals surface area contributed by atoms with Crippen molar-refractivity contribution in [3.8, 4) is 0 Å². The molecule has 1 N–H and O–H groups in total. The Morgan fingerprint density at radius 2 is 1.83 bits per heavy atom. The minimum absolute atomic E-state index is 0.569. The summed E-state index contributed by atoms with van der Waals surface area (Å²) in [6.45, 7) is 1.87. The number of hydrogen-bond acceptors (Lipinski definition) is 1. The van der Waals surface area contributed by atoms with Crippen LogP contribution in [-0.4, -0.2) is 11.1 Å². The first-order valence-electron chi connectivity index (χ1n) is 6.92. The Morgan fingerprint density at radius 3 is 2.39 bits per heavy atom. The molecule has 1 atom stereocenters. The van der Waals surface area contributed by atoms with Gasteiger partial charge in [-0.1, -0.05) is 62.4 Å². The van der Waals surface area contributed by atoms with Gasteiger partial charge in [0.05, 0.1) is 5.41 Å². The van der Waals surface area contributed by atoms with Gasteiger partial charge in [-0.2, -0.15) is 0 Å². The van der Waals surface area contributed by atoms with Gasteiger partial charge < -0.3 is 5.11 Å². The van der Waals surface area contributed by atoms with Crippen molar-refractivity contribution in [3.63, 3.8) is 0 Å². The Labute approximate surface area is 109 Å². The van der Waals surface area contributed by atoms with Gasteiger partial charge in [0.15, 0.2) is 0 Å². The summed E-state index contributed by atoms with van der Waals surface area (Å²) in [6.07, 6.45) is 6.98. The van der Waals surface area contributed by atoms with E-state index in [4.69, 9.17) is 0 Å². The number of aliphatic carboxylic acids is 1. The first kappa shape index (κ1) is 13.1. The Bertz CT molecular complexity index is 393. The fraction of sp³-hybridized carbons (Fsp3) is 0.562. The van der Waals surface area contributed by atoms with Crippen molar-refractivity contribution in [1.29, 1.82) is 0 Å². The van der Waals surface area contributed by atoms with Gasteiger partial charge in [-0.25, -0.2) is 0 Å². The van der Waals surface area contributed by atoms with Gasteiger partial charge in [0, 0.05) is 0 Å². The molecule has 0 bridgehead atoms. The van der Waals surface area contributed by atoms with Gasteiger partial charge in [-0.05, 0) is 24.8 Å². The lowest BCUT2D eigenvalue weighted by molar-refractivity contribution is -0.144. The van der Waals surface area contributed by atoms with Crippen LogP contribution in [0.2, 0.25) is 0 Å². The van der Waals surface area contributed by atoms with E-state index in [1.54, 1.807) is 0 Å². The molecule has 0 aliphatic heterocycles. The average Bonchev–Trinajstić information content (AvgIpc) is 2.40. The highest BCUT2D eigenvalue weighted by molar-refractivity contribution is 5.80. The van der Waals surface area contributed by atoms with Crippen molar-refractivity contribution in [2.24, 2.45) is 5.92 Å². The number of carbonyl (C=O) groups is 1. The zero-order chi connectivity index (χ0) is 13.0. The Kier molecular flexibility index (Phi) is 4.05. The van der Waals surface area contributed by atoms with Crippen molar-refractivity contribution >= 4 is 5.97 Å². The van der Waals surface area contributed by atoms with Crippen LogP contribution in [0.4, 0.5) is 0 Å². The summed E-state index contributed by atoms with van der Waals surface area (Å²) < 4.78 is 0. The summed E-state index contributed by atoms with van der Waals surface area (Å²) in [5.41, 5.74) is 0.201. The number of carboxylic acid groups (broad SMARTS) is 1. The van der Waals surface area contributed by atoms with Gasteiger partial charge in [0.1, 0.15) is 0 Å². The number of hydrogen-bond donors (Lipinski definition) is 1. The minimum Gasteiger partial charge on any atom is -0.481 e. The molecule has 0 amide bonds. The standard InChI is InChI=1S/C16H22O2/c1-16(15(17)18,14-10-6-3-7-11-14)12-13-8-4-2-5-9-13/h3,6-7,10-11,13H,2,4-5,8-9,12H2,1H3,(H,17,18). The molecule has 1 saturated carbocycles. The molecule has 0 spiro atoms. The summed E-state index contributed by atoms with van der Waals surface area (Å²) in [5.74, 6) is -0.126. The van der Waals surface area contributed by atoms with E-state index in [1.807, 2.05) is 37.3 Å². The van der Waals surface area contributed by atoms with Gasteiger partial charge in [0.2, 0.25) is 0 Å². The highest BCUT2D eigenvalue weighted by atomic mass is 16.4. The van der Waals surface area contributed by atoms with E-state index in [0.717, 1.165) is 12.0 Å². The summed E-state index contributed by atoms with van der Waals surface area (Å²) in [5, 5.41) is 9.62. The maximum absolute atomic E-state index is 11.7. The van der Waals surface area contributed by atoms with E-state index >= 15 is 0 Å². The van der Waals surface area contributed by atoms with Crippen LogP contribution in [-0.2, 0) is 10.2 Å². The third kappa shape index (κ3) is 2.74. The summed E-state index contributed by atoms with van der Waals surface area (Å²) >= 11 is 0. The quantitative estimate of drug-likeness (QED) is 0.871. The lowest BCUT2D eigenvalue weighted by Crippen LogP contribution is -2.35. The van der Waals surface area contributed by atoms with Gasteiger partial charge in [0.25, 0.3) is 0 Å². The van der Waals surface area contributed by atoms with Crippen LogP contribution in [0, 0.1) is 5.92 Å². The summed E-state index contributed by atoms with van der Waals surface area (Å²) in [4.78, 5) is 11.7. The maximum atomic E-state index is 11.7. The number of benzene rings is 1. The molecule has 1 unspecified atom stereocenters. The molecule has 1 fully saturated rings. The van der Waals surface area contributed by atoms with E-state index in [9.17, 15) is 9.90 Å². The molecule has 1 aliphatic carbocycles. The average molecular weight is 246 g/mol. The smallest absolute Gasteiger partial charge is 0.313 e. The molecule has 1 aromatic carbocycles. The number of rotatable bonds is 4. The third-order valence-corrected chi connectivity index (χ3v) is 4.30. The molecular formula is C16H22O2. The van der Waals surface area contributed by atoms with Gasteiger partial charge in [-0.3, -0.25) is 4.79 Å². The lowest BCUT2D eigenvalue weighted by atomic mass is 9.72. The molecule has 2 heteroatoms. The van der Waals surface area contributed by atoms with Crippen LogP contribution in [0.3, 0.4) is 0 Å². The molecule has 1 aliphatic rings. The number of carboxylic acids is 1. The van der Waals surface area contributed by atoms with Gasteiger partial charge >= 0.3 is 5.97 Å². The van der Waals surface area contributed by atoms with Crippen LogP contribution in [0.25, 0.3) is 0 Å². The third-order valence-electron chi connectivity index (χ3n) is 4.30. The monoisotopic (exact) mass is 246 g/mol. The Balaban J connectivity index is 2.19. The van der Waals surface area contributed by atoms with Crippen molar-refractivity contribution in [2.75, 3.05) is 0 Å². The fourth-order valence-corrected chi connectivity index (χ4v) is 3.10. The first-order chi connectivity index (χ1) is 8.63. The second-order valence-electron chi connectivity index (χ2n) is 5.71. The molecule has 98 valence electrons. The summed E-state index contributed by atoms with van der Waals surface area (Å²) in [7, 11) is 0. The van der Waals surface area contributed by atoms with Crippen molar-refractivity contribution in [3.05, 3.63) is 35.9 Å². The molecule has 1 aromatic rings. The largest absolute Gasteiger partial charge is 0.481 e.